The van der Waals surface area contributed by atoms with E-state index in [1.807, 2.05) is 0 Å². The van der Waals surface area contributed by atoms with Crippen molar-refractivity contribution in [3.63, 3.8) is 0 Å². The molecule has 0 spiro atoms. The maximum Gasteiger partial charge on any atom is 0.317 e. The summed E-state index contributed by atoms with van der Waals surface area (Å²) in [5.41, 5.74) is -0.746. The van der Waals surface area contributed by atoms with Gasteiger partial charge < -0.3 is 20.2 Å². The van der Waals surface area contributed by atoms with Gasteiger partial charge >= 0.3 is 12.0 Å². The fourth-order valence-corrected chi connectivity index (χ4v) is 3.54. The molecule has 21 heavy (non-hydrogen) atoms. The fraction of sp³-hybridized carbons (Fsp3) is 0.867. The molecule has 1 aliphatic heterocycles. The van der Waals surface area contributed by atoms with E-state index in [2.05, 4.69) is 17.3 Å². The number of carboxylic acids is 1. The van der Waals surface area contributed by atoms with Crippen LogP contribution in [0.25, 0.3) is 0 Å². The lowest BCUT2D eigenvalue weighted by atomic mass is 9.86. The molecule has 0 aromatic rings. The van der Waals surface area contributed by atoms with Crippen molar-refractivity contribution in [3.8, 4) is 0 Å². The number of carbonyl (C=O) groups is 2. The van der Waals surface area contributed by atoms with Crippen molar-refractivity contribution in [2.24, 2.45) is 11.3 Å². The lowest BCUT2D eigenvalue weighted by molar-refractivity contribution is -0.148. The topological polar surface area (TPSA) is 72.9 Å². The van der Waals surface area contributed by atoms with Crippen LogP contribution in [0.1, 0.15) is 32.1 Å². The zero-order chi connectivity index (χ0) is 15.5. The third kappa shape index (κ3) is 3.87. The Bertz CT molecular complexity index is 394. The molecule has 1 saturated heterocycles. The van der Waals surface area contributed by atoms with Crippen LogP contribution in [0.5, 0.6) is 0 Å². The first-order valence-electron chi connectivity index (χ1n) is 7.84. The largest absolute Gasteiger partial charge is 0.481 e. The van der Waals surface area contributed by atoms with Crippen LogP contribution in [-0.4, -0.2) is 67.2 Å². The number of amides is 2. The van der Waals surface area contributed by atoms with Gasteiger partial charge in [-0.1, -0.05) is 12.8 Å². The van der Waals surface area contributed by atoms with Crippen LogP contribution in [0.3, 0.4) is 0 Å². The van der Waals surface area contributed by atoms with E-state index >= 15 is 0 Å². The number of likely N-dealkylation sites (tertiary alicyclic amines) is 1. The summed E-state index contributed by atoms with van der Waals surface area (Å²) in [7, 11) is 3.88. The number of nitrogens with zero attached hydrogens (tertiary/aromatic N) is 2. The number of aliphatic carboxylic acids is 1. The molecule has 0 radical (unpaired) electrons. The Kier molecular flexibility index (Phi) is 5.08. The lowest BCUT2D eigenvalue weighted by Crippen LogP contribution is -2.46. The molecule has 6 nitrogen and oxygen atoms in total. The highest BCUT2D eigenvalue weighted by molar-refractivity contribution is 5.78. The predicted octanol–water partition coefficient (Wildman–Crippen LogP) is 1.22. The van der Waals surface area contributed by atoms with Gasteiger partial charge in [0.05, 0.1) is 5.41 Å². The maximum absolute atomic E-state index is 12.1. The first-order chi connectivity index (χ1) is 9.93. The Morgan fingerprint density at radius 1 is 1.38 bits per heavy atom. The van der Waals surface area contributed by atoms with Crippen LogP contribution in [0.2, 0.25) is 0 Å². The Morgan fingerprint density at radius 2 is 2.05 bits per heavy atom. The molecule has 2 amide bonds. The van der Waals surface area contributed by atoms with E-state index < -0.39 is 11.4 Å². The summed E-state index contributed by atoms with van der Waals surface area (Å²) in [5, 5.41) is 12.2. The van der Waals surface area contributed by atoms with Crippen LogP contribution in [0.15, 0.2) is 0 Å². The van der Waals surface area contributed by atoms with Crippen LogP contribution in [-0.2, 0) is 4.79 Å². The molecular weight excluding hydrogens is 270 g/mol. The molecule has 6 heteroatoms. The highest BCUT2D eigenvalue weighted by atomic mass is 16.4. The predicted molar refractivity (Wildman–Crippen MR) is 80.2 cm³/mol. The van der Waals surface area contributed by atoms with Crippen molar-refractivity contribution < 1.29 is 14.7 Å². The average molecular weight is 297 g/mol. The van der Waals surface area contributed by atoms with Crippen molar-refractivity contribution in [2.75, 3.05) is 40.3 Å². The summed E-state index contributed by atoms with van der Waals surface area (Å²) in [6.45, 7) is 3.09. The minimum Gasteiger partial charge on any atom is -0.481 e. The second-order valence-corrected chi connectivity index (χ2v) is 6.75. The summed E-state index contributed by atoms with van der Waals surface area (Å²) in [4.78, 5) is 27.6. The first-order valence-corrected chi connectivity index (χ1v) is 7.84. The number of carbonyl (C=O) groups excluding carboxylic acids is 1. The van der Waals surface area contributed by atoms with Gasteiger partial charge in [-0.15, -0.1) is 0 Å². The molecule has 2 rings (SSSR count). The van der Waals surface area contributed by atoms with E-state index in [1.54, 1.807) is 11.9 Å². The van der Waals surface area contributed by atoms with Gasteiger partial charge in [0.15, 0.2) is 0 Å². The Hall–Kier alpha value is -1.30. The van der Waals surface area contributed by atoms with E-state index in [0.29, 0.717) is 18.8 Å². The molecule has 2 N–H and O–H groups in total. The zero-order valence-electron chi connectivity index (χ0n) is 13.1. The Labute approximate surface area is 126 Å². The molecule has 1 aliphatic carbocycles. The van der Waals surface area contributed by atoms with Gasteiger partial charge in [-0.2, -0.15) is 0 Å². The smallest absolute Gasteiger partial charge is 0.317 e. The second kappa shape index (κ2) is 6.64. The fourth-order valence-electron chi connectivity index (χ4n) is 3.54. The summed E-state index contributed by atoms with van der Waals surface area (Å²) in [5.74, 6) is -0.258. The molecule has 2 fully saturated rings. The van der Waals surface area contributed by atoms with Gasteiger partial charge in [0.1, 0.15) is 0 Å². The Balaban J connectivity index is 1.79. The van der Waals surface area contributed by atoms with Crippen molar-refractivity contribution in [1.82, 2.24) is 15.1 Å². The molecular formula is C15H27N3O3. The zero-order valence-corrected chi connectivity index (χ0v) is 13.1. The molecule has 1 atom stereocenters. The van der Waals surface area contributed by atoms with E-state index in [1.165, 1.54) is 0 Å². The van der Waals surface area contributed by atoms with E-state index in [-0.39, 0.29) is 12.6 Å². The molecule has 1 saturated carbocycles. The van der Waals surface area contributed by atoms with E-state index in [0.717, 1.165) is 38.9 Å². The van der Waals surface area contributed by atoms with Crippen LogP contribution >= 0.6 is 0 Å². The van der Waals surface area contributed by atoms with Gasteiger partial charge in [0.25, 0.3) is 0 Å². The van der Waals surface area contributed by atoms with Crippen molar-refractivity contribution in [2.45, 2.75) is 32.1 Å². The highest BCUT2D eigenvalue weighted by Gasteiger charge is 2.41. The lowest BCUT2D eigenvalue weighted by Gasteiger charge is -2.27. The normalized spacial score (nSPS) is 25.0. The molecule has 2 aliphatic rings. The first kappa shape index (κ1) is 16.1. The number of hydrogen-bond donors (Lipinski definition) is 2. The summed E-state index contributed by atoms with van der Waals surface area (Å²) in [6.07, 6.45) is 4.32. The summed E-state index contributed by atoms with van der Waals surface area (Å²) < 4.78 is 0. The number of hydrogen-bond acceptors (Lipinski definition) is 3. The molecule has 0 bridgehead atoms. The van der Waals surface area contributed by atoms with Crippen molar-refractivity contribution in [1.29, 1.82) is 0 Å². The van der Waals surface area contributed by atoms with Crippen molar-refractivity contribution in [3.05, 3.63) is 0 Å². The average Bonchev–Trinajstić information content (AvgIpc) is 3.06. The van der Waals surface area contributed by atoms with Gasteiger partial charge in [-0.3, -0.25) is 4.79 Å². The molecule has 1 heterocycles. The standard InChI is InChI=1S/C15H27N3O3/c1-17-8-5-12(9-17)10-18(2)14(21)16-11-15(13(19)20)6-3-4-7-15/h12H,3-11H2,1-2H3,(H,16,21)(H,19,20). The summed E-state index contributed by atoms with van der Waals surface area (Å²) >= 11 is 0. The number of nitrogens with one attached hydrogen (secondary N) is 1. The third-order valence-corrected chi connectivity index (χ3v) is 4.96. The minimum absolute atomic E-state index is 0.155. The van der Waals surface area contributed by atoms with Gasteiger partial charge in [0, 0.05) is 26.7 Å². The van der Waals surface area contributed by atoms with Crippen LogP contribution < -0.4 is 5.32 Å². The molecule has 120 valence electrons. The van der Waals surface area contributed by atoms with Crippen molar-refractivity contribution >= 4 is 12.0 Å². The maximum atomic E-state index is 12.1. The van der Waals surface area contributed by atoms with Crippen LogP contribution in [0.4, 0.5) is 4.79 Å². The van der Waals surface area contributed by atoms with E-state index in [9.17, 15) is 14.7 Å². The monoisotopic (exact) mass is 297 g/mol. The number of rotatable bonds is 5. The highest BCUT2D eigenvalue weighted by Crippen LogP contribution is 2.37. The molecule has 0 aromatic heterocycles. The molecule has 0 aromatic carbocycles. The van der Waals surface area contributed by atoms with Gasteiger partial charge in [-0.05, 0) is 38.8 Å². The summed E-state index contributed by atoms with van der Waals surface area (Å²) in [6, 6.07) is -0.155. The van der Waals surface area contributed by atoms with Gasteiger partial charge in [-0.25, -0.2) is 4.79 Å². The number of urea groups is 1. The number of carboxylic acid groups (broad SMARTS) is 1. The Morgan fingerprint density at radius 3 is 2.57 bits per heavy atom. The SMILES string of the molecule is CN1CCC(CN(C)C(=O)NCC2(C(=O)O)CCCC2)C1. The second-order valence-electron chi connectivity index (χ2n) is 6.75. The van der Waals surface area contributed by atoms with E-state index in [4.69, 9.17) is 0 Å². The van der Waals surface area contributed by atoms with Crippen LogP contribution in [0, 0.1) is 11.3 Å². The minimum atomic E-state index is -0.777. The molecule has 1 unspecified atom stereocenters. The quantitative estimate of drug-likeness (QED) is 0.800. The van der Waals surface area contributed by atoms with Gasteiger partial charge in [0.2, 0.25) is 0 Å². The third-order valence-electron chi connectivity index (χ3n) is 4.96.